The molecule has 154 valence electrons. The summed E-state index contributed by atoms with van der Waals surface area (Å²) in [5.74, 6) is -1.85. The third-order valence-corrected chi connectivity index (χ3v) is 4.73. The highest BCUT2D eigenvalue weighted by Gasteiger charge is 2.23. The van der Waals surface area contributed by atoms with Crippen LogP contribution in [0.3, 0.4) is 0 Å². The van der Waals surface area contributed by atoms with Gasteiger partial charge in [0, 0.05) is 19.5 Å². The lowest BCUT2D eigenvalue weighted by Crippen LogP contribution is -2.39. The summed E-state index contributed by atoms with van der Waals surface area (Å²) in [4.78, 5) is 25.6. The highest BCUT2D eigenvalue weighted by atomic mass is 19.1. The van der Waals surface area contributed by atoms with E-state index in [-0.39, 0.29) is 24.3 Å². The third kappa shape index (κ3) is 5.75. The van der Waals surface area contributed by atoms with E-state index in [1.54, 1.807) is 12.1 Å². The fraction of sp³-hybridized carbons (Fsp3) is 0.167. The highest BCUT2D eigenvalue weighted by Crippen LogP contribution is 2.15. The number of carboxylic acid groups (broad SMARTS) is 1. The minimum absolute atomic E-state index is 0.0718. The smallest absolute Gasteiger partial charge is 0.335 e. The van der Waals surface area contributed by atoms with Gasteiger partial charge in [0.25, 0.3) is 5.91 Å². The van der Waals surface area contributed by atoms with Crippen LogP contribution in [0.1, 0.15) is 27.0 Å². The molecule has 6 heteroatoms. The average Bonchev–Trinajstić information content (AvgIpc) is 2.75. The minimum Gasteiger partial charge on any atom is -0.478 e. The van der Waals surface area contributed by atoms with Crippen molar-refractivity contribution in [1.82, 2.24) is 4.90 Å². The molecular formula is C24H22FNO4. The summed E-state index contributed by atoms with van der Waals surface area (Å²) in [5, 5.41) is 19.6. The first kappa shape index (κ1) is 21.2. The fourth-order valence-corrected chi connectivity index (χ4v) is 3.13. The summed E-state index contributed by atoms with van der Waals surface area (Å²) in [6, 6.07) is 21.3. The van der Waals surface area contributed by atoms with Crippen molar-refractivity contribution in [3.05, 3.63) is 107 Å². The van der Waals surface area contributed by atoms with Gasteiger partial charge < -0.3 is 15.1 Å². The van der Waals surface area contributed by atoms with Crippen molar-refractivity contribution in [2.45, 2.75) is 25.6 Å². The van der Waals surface area contributed by atoms with Crippen LogP contribution in [0.25, 0.3) is 0 Å². The molecule has 0 fully saturated rings. The van der Waals surface area contributed by atoms with E-state index in [4.69, 9.17) is 5.11 Å². The Morgan fingerprint density at radius 3 is 1.90 bits per heavy atom. The number of aliphatic hydroxyl groups is 1. The normalized spacial score (nSPS) is 11.7. The molecule has 0 unspecified atom stereocenters. The first-order valence-corrected chi connectivity index (χ1v) is 9.50. The number of aromatic carboxylic acids is 1. The molecule has 0 aliphatic rings. The van der Waals surface area contributed by atoms with E-state index in [0.717, 1.165) is 11.1 Å². The first-order chi connectivity index (χ1) is 14.4. The van der Waals surface area contributed by atoms with E-state index < -0.39 is 18.0 Å². The van der Waals surface area contributed by atoms with Crippen molar-refractivity contribution in [1.29, 1.82) is 0 Å². The maximum atomic E-state index is 13.1. The molecule has 0 bridgehead atoms. The van der Waals surface area contributed by atoms with Crippen molar-refractivity contribution in [3.8, 4) is 0 Å². The third-order valence-electron chi connectivity index (χ3n) is 4.73. The van der Waals surface area contributed by atoms with Gasteiger partial charge in [-0.2, -0.15) is 0 Å². The van der Waals surface area contributed by atoms with Crippen LogP contribution in [-0.2, 0) is 24.3 Å². The second-order valence-electron chi connectivity index (χ2n) is 7.03. The van der Waals surface area contributed by atoms with Gasteiger partial charge in [0.05, 0.1) is 5.56 Å². The SMILES string of the molecule is O=C(O)c1ccc(CN(Cc2ccccc2)C(=O)[C@H](O)Cc2ccc(F)cc2)cc1. The molecule has 1 atom stereocenters. The molecule has 5 nitrogen and oxygen atoms in total. The highest BCUT2D eigenvalue weighted by molar-refractivity contribution is 5.87. The van der Waals surface area contributed by atoms with Gasteiger partial charge in [-0.15, -0.1) is 0 Å². The first-order valence-electron chi connectivity index (χ1n) is 9.50. The van der Waals surface area contributed by atoms with Crippen molar-refractivity contribution >= 4 is 11.9 Å². The van der Waals surface area contributed by atoms with Crippen LogP contribution in [-0.4, -0.2) is 33.1 Å². The molecule has 0 radical (unpaired) electrons. The number of aliphatic hydroxyl groups excluding tert-OH is 1. The number of carboxylic acids is 1. The zero-order chi connectivity index (χ0) is 21.5. The number of amides is 1. The number of hydrogen-bond acceptors (Lipinski definition) is 3. The van der Waals surface area contributed by atoms with Crippen molar-refractivity contribution < 1.29 is 24.2 Å². The molecule has 0 aromatic heterocycles. The maximum Gasteiger partial charge on any atom is 0.335 e. The van der Waals surface area contributed by atoms with Crippen molar-refractivity contribution in [2.24, 2.45) is 0 Å². The Bertz CT molecular complexity index is 988. The Balaban J connectivity index is 1.77. The van der Waals surface area contributed by atoms with Crippen LogP contribution in [0.4, 0.5) is 4.39 Å². The topological polar surface area (TPSA) is 77.8 Å². The molecule has 3 rings (SSSR count). The zero-order valence-corrected chi connectivity index (χ0v) is 16.2. The summed E-state index contributed by atoms with van der Waals surface area (Å²) in [5.41, 5.74) is 2.47. The summed E-state index contributed by atoms with van der Waals surface area (Å²) in [7, 11) is 0. The number of rotatable bonds is 8. The van der Waals surface area contributed by atoms with Gasteiger partial charge in [0.2, 0.25) is 0 Å². The standard InChI is InChI=1S/C24H22FNO4/c25-21-12-8-17(9-13-21)14-22(27)23(28)26(15-18-4-2-1-3-5-18)16-19-6-10-20(11-7-19)24(29)30/h1-13,22,27H,14-16H2,(H,29,30)/t22-/m1/s1. The number of halogens is 1. The van der Waals surface area contributed by atoms with E-state index in [2.05, 4.69) is 0 Å². The molecule has 30 heavy (non-hydrogen) atoms. The molecule has 3 aromatic rings. The summed E-state index contributed by atoms with van der Waals surface area (Å²) < 4.78 is 13.1. The van der Waals surface area contributed by atoms with Gasteiger partial charge in [-0.1, -0.05) is 54.6 Å². The predicted molar refractivity (Wildman–Crippen MR) is 110 cm³/mol. The lowest BCUT2D eigenvalue weighted by Gasteiger charge is -2.26. The van der Waals surface area contributed by atoms with Crippen LogP contribution in [0.2, 0.25) is 0 Å². The molecular weight excluding hydrogens is 385 g/mol. The van der Waals surface area contributed by atoms with E-state index in [0.29, 0.717) is 12.1 Å². The Morgan fingerprint density at radius 1 is 0.800 bits per heavy atom. The average molecular weight is 407 g/mol. The summed E-state index contributed by atoms with van der Waals surface area (Å²) in [6.07, 6.45) is -1.21. The molecule has 0 heterocycles. The van der Waals surface area contributed by atoms with Gasteiger partial charge in [-0.3, -0.25) is 4.79 Å². The molecule has 0 spiro atoms. The molecule has 0 aliphatic heterocycles. The summed E-state index contributed by atoms with van der Waals surface area (Å²) in [6.45, 7) is 0.509. The lowest BCUT2D eigenvalue weighted by molar-refractivity contribution is -0.141. The monoisotopic (exact) mass is 407 g/mol. The van der Waals surface area contributed by atoms with Crippen molar-refractivity contribution in [3.63, 3.8) is 0 Å². The Kier molecular flexibility index (Phi) is 6.93. The number of carbonyl (C=O) groups excluding carboxylic acids is 1. The van der Waals surface area contributed by atoms with Crippen molar-refractivity contribution in [2.75, 3.05) is 0 Å². The van der Waals surface area contributed by atoms with Gasteiger partial charge in [0.1, 0.15) is 11.9 Å². The fourth-order valence-electron chi connectivity index (χ4n) is 3.13. The second kappa shape index (κ2) is 9.80. The van der Waals surface area contributed by atoms with Crippen LogP contribution in [0.5, 0.6) is 0 Å². The molecule has 3 aromatic carbocycles. The van der Waals surface area contributed by atoms with Crippen LogP contribution < -0.4 is 0 Å². The van der Waals surface area contributed by atoms with Crippen LogP contribution in [0, 0.1) is 5.82 Å². The van der Waals surface area contributed by atoms with E-state index >= 15 is 0 Å². The van der Waals surface area contributed by atoms with Gasteiger partial charge in [-0.25, -0.2) is 9.18 Å². The summed E-state index contributed by atoms with van der Waals surface area (Å²) >= 11 is 0. The maximum absolute atomic E-state index is 13.1. The number of nitrogens with zero attached hydrogens (tertiary/aromatic N) is 1. The molecule has 2 N–H and O–H groups in total. The molecule has 0 aliphatic carbocycles. The Morgan fingerprint density at radius 2 is 1.33 bits per heavy atom. The van der Waals surface area contributed by atoms with E-state index in [1.165, 1.54) is 41.3 Å². The zero-order valence-electron chi connectivity index (χ0n) is 16.2. The Labute approximate surface area is 174 Å². The van der Waals surface area contributed by atoms with Gasteiger partial charge in [0.15, 0.2) is 0 Å². The minimum atomic E-state index is -1.28. The second-order valence-corrected chi connectivity index (χ2v) is 7.03. The van der Waals surface area contributed by atoms with Crippen LogP contribution in [0.15, 0.2) is 78.9 Å². The number of carbonyl (C=O) groups is 2. The van der Waals surface area contributed by atoms with Gasteiger partial charge >= 0.3 is 5.97 Å². The predicted octanol–water partition coefficient (Wildman–Crippen LogP) is 3.66. The Hall–Kier alpha value is -3.51. The van der Waals surface area contributed by atoms with Gasteiger partial charge in [-0.05, 0) is 41.0 Å². The van der Waals surface area contributed by atoms with E-state index in [9.17, 15) is 19.1 Å². The van der Waals surface area contributed by atoms with E-state index in [1.807, 2.05) is 30.3 Å². The quantitative estimate of drug-likeness (QED) is 0.598. The van der Waals surface area contributed by atoms with Crippen LogP contribution >= 0.6 is 0 Å². The number of benzene rings is 3. The largest absolute Gasteiger partial charge is 0.478 e. The molecule has 1 amide bonds. The molecule has 0 saturated heterocycles. The number of hydrogen-bond donors (Lipinski definition) is 2. The lowest BCUT2D eigenvalue weighted by atomic mass is 10.1. The molecule has 0 saturated carbocycles.